The van der Waals surface area contributed by atoms with E-state index in [1.165, 1.54) is 0 Å². The third kappa shape index (κ3) is 4.23. The van der Waals surface area contributed by atoms with Crippen LogP contribution in [0, 0.1) is 0 Å². The summed E-state index contributed by atoms with van der Waals surface area (Å²) in [6.07, 6.45) is 0. The van der Waals surface area contributed by atoms with E-state index in [-0.39, 0.29) is 11.8 Å². The van der Waals surface area contributed by atoms with Crippen molar-refractivity contribution < 1.29 is 14.3 Å². The zero-order valence-corrected chi connectivity index (χ0v) is 17.3. The lowest BCUT2D eigenvalue weighted by atomic mass is 9.96. The first-order valence-corrected chi connectivity index (χ1v) is 9.46. The molecule has 4 nitrogen and oxygen atoms in total. The predicted octanol–water partition coefficient (Wildman–Crippen LogP) is 5.27. The molecule has 0 saturated heterocycles. The second-order valence-electron chi connectivity index (χ2n) is 6.84. The van der Waals surface area contributed by atoms with Gasteiger partial charge >= 0.3 is 0 Å². The molecule has 28 heavy (non-hydrogen) atoms. The number of carbonyl (C=O) groups is 1. The monoisotopic (exact) mass is 397 g/mol. The Bertz CT molecular complexity index is 1000. The number of likely N-dealkylation sites (N-methyl/N-ethyl adjacent to an activating group) is 1. The van der Waals surface area contributed by atoms with Crippen LogP contribution in [0.4, 0.5) is 0 Å². The maximum atomic E-state index is 13.0. The number of rotatable bonds is 6. The van der Waals surface area contributed by atoms with E-state index in [0.29, 0.717) is 11.6 Å². The molecule has 0 aliphatic rings. The highest BCUT2D eigenvalue weighted by atomic mass is 35.5. The summed E-state index contributed by atoms with van der Waals surface area (Å²) in [5.41, 5.74) is 1.86. The molecule has 0 saturated carbocycles. The van der Waals surface area contributed by atoms with E-state index < -0.39 is 0 Å². The second kappa shape index (κ2) is 8.53. The Balaban J connectivity index is 1.80. The third-order valence-corrected chi connectivity index (χ3v) is 5.20. The van der Waals surface area contributed by atoms with Crippen LogP contribution in [0.3, 0.4) is 0 Å². The Hall–Kier alpha value is -2.72. The van der Waals surface area contributed by atoms with Gasteiger partial charge in [0, 0.05) is 24.2 Å². The zero-order chi connectivity index (χ0) is 20.3. The second-order valence-corrected chi connectivity index (χ2v) is 7.28. The largest absolute Gasteiger partial charge is 0.497 e. The smallest absolute Gasteiger partial charge is 0.229 e. The predicted molar refractivity (Wildman–Crippen MR) is 113 cm³/mol. The van der Waals surface area contributed by atoms with Gasteiger partial charge in [-0.2, -0.15) is 0 Å². The molecule has 1 atom stereocenters. The first kappa shape index (κ1) is 20.0. The molecule has 1 amide bonds. The minimum absolute atomic E-state index is 0.0369. The number of carbonyl (C=O) groups excluding carboxylic acids is 1. The fourth-order valence-corrected chi connectivity index (χ4v) is 3.51. The average Bonchev–Trinajstić information content (AvgIpc) is 2.72. The molecule has 3 aromatic rings. The van der Waals surface area contributed by atoms with Crippen LogP contribution in [0.15, 0.2) is 54.6 Å². The molecule has 0 heterocycles. The number of hydrogen-bond acceptors (Lipinski definition) is 3. The van der Waals surface area contributed by atoms with Crippen molar-refractivity contribution >= 4 is 28.3 Å². The van der Waals surface area contributed by atoms with Crippen LogP contribution in [-0.2, 0) is 11.3 Å². The Labute approximate surface area is 170 Å². The molecule has 0 spiro atoms. The van der Waals surface area contributed by atoms with Crippen LogP contribution in [0.25, 0.3) is 10.8 Å². The molecule has 0 aliphatic carbocycles. The molecule has 3 rings (SSSR count). The summed E-state index contributed by atoms with van der Waals surface area (Å²) in [6, 6.07) is 17.4. The summed E-state index contributed by atoms with van der Waals surface area (Å²) in [5.74, 6) is 1.31. The van der Waals surface area contributed by atoms with E-state index in [0.717, 1.165) is 33.4 Å². The van der Waals surface area contributed by atoms with Gasteiger partial charge in [0.2, 0.25) is 5.91 Å². The highest BCUT2D eigenvalue weighted by Crippen LogP contribution is 2.28. The molecule has 0 bridgehead atoms. The van der Waals surface area contributed by atoms with Crippen LogP contribution >= 0.6 is 11.6 Å². The van der Waals surface area contributed by atoms with E-state index >= 15 is 0 Å². The fourth-order valence-electron chi connectivity index (χ4n) is 3.32. The SMILES string of the molecule is COc1ccc2cc([C@@H](C)C(=O)N(C)Cc3cc(Cl)ccc3OC)ccc2c1. The Kier molecular flexibility index (Phi) is 6.10. The molecular weight excluding hydrogens is 374 g/mol. The molecule has 3 aromatic carbocycles. The number of ether oxygens (including phenoxy) is 2. The van der Waals surface area contributed by atoms with Gasteiger partial charge in [-0.05, 0) is 53.6 Å². The number of halogens is 1. The Morgan fingerprint density at radius 3 is 2.43 bits per heavy atom. The number of benzene rings is 3. The van der Waals surface area contributed by atoms with E-state index in [1.807, 2.05) is 49.4 Å². The van der Waals surface area contributed by atoms with Gasteiger partial charge in [-0.15, -0.1) is 0 Å². The van der Waals surface area contributed by atoms with E-state index in [4.69, 9.17) is 21.1 Å². The van der Waals surface area contributed by atoms with Crippen LogP contribution in [-0.4, -0.2) is 32.1 Å². The van der Waals surface area contributed by atoms with Gasteiger partial charge in [-0.25, -0.2) is 0 Å². The van der Waals surface area contributed by atoms with Gasteiger partial charge in [0.15, 0.2) is 0 Å². The highest BCUT2D eigenvalue weighted by Gasteiger charge is 2.21. The lowest BCUT2D eigenvalue weighted by Crippen LogP contribution is -2.30. The maximum absolute atomic E-state index is 13.0. The molecule has 5 heteroatoms. The van der Waals surface area contributed by atoms with Crippen molar-refractivity contribution in [3.05, 3.63) is 70.7 Å². The summed E-state index contributed by atoms with van der Waals surface area (Å²) < 4.78 is 10.7. The van der Waals surface area contributed by atoms with Gasteiger partial charge in [0.05, 0.1) is 20.1 Å². The van der Waals surface area contributed by atoms with Crippen molar-refractivity contribution in [2.45, 2.75) is 19.4 Å². The molecule has 0 N–H and O–H groups in total. The van der Waals surface area contributed by atoms with Crippen molar-refractivity contribution in [2.75, 3.05) is 21.3 Å². The fraction of sp³-hybridized carbons (Fsp3) is 0.261. The van der Waals surface area contributed by atoms with Gasteiger partial charge in [-0.1, -0.05) is 35.9 Å². The normalized spacial score (nSPS) is 11.9. The van der Waals surface area contributed by atoms with Gasteiger partial charge in [0.1, 0.15) is 11.5 Å². The van der Waals surface area contributed by atoms with Crippen LogP contribution in [0.2, 0.25) is 5.02 Å². The van der Waals surface area contributed by atoms with Crippen LogP contribution in [0.5, 0.6) is 11.5 Å². The van der Waals surface area contributed by atoms with Crippen LogP contribution in [0.1, 0.15) is 24.0 Å². The number of hydrogen-bond donors (Lipinski definition) is 0. The topological polar surface area (TPSA) is 38.8 Å². The molecule has 146 valence electrons. The Morgan fingerprint density at radius 2 is 1.71 bits per heavy atom. The quantitative estimate of drug-likeness (QED) is 0.568. The summed E-state index contributed by atoms with van der Waals surface area (Å²) in [4.78, 5) is 14.7. The number of methoxy groups -OCH3 is 2. The third-order valence-electron chi connectivity index (χ3n) is 4.97. The lowest BCUT2D eigenvalue weighted by molar-refractivity contribution is -0.131. The molecule has 0 radical (unpaired) electrons. The molecule has 0 unspecified atom stereocenters. The average molecular weight is 398 g/mol. The summed E-state index contributed by atoms with van der Waals surface area (Å²) in [7, 11) is 5.06. The van der Waals surface area contributed by atoms with Crippen molar-refractivity contribution in [1.82, 2.24) is 4.90 Å². The number of amides is 1. The van der Waals surface area contributed by atoms with Gasteiger partial charge in [0.25, 0.3) is 0 Å². The Morgan fingerprint density at radius 1 is 1.00 bits per heavy atom. The van der Waals surface area contributed by atoms with Crippen LogP contribution < -0.4 is 9.47 Å². The summed E-state index contributed by atoms with van der Waals surface area (Å²) in [5, 5.41) is 2.78. The molecule has 0 aromatic heterocycles. The first-order valence-electron chi connectivity index (χ1n) is 9.08. The highest BCUT2D eigenvalue weighted by molar-refractivity contribution is 6.30. The number of nitrogens with zero attached hydrogens (tertiary/aromatic N) is 1. The van der Waals surface area contributed by atoms with Gasteiger partial charge < -0.3 is 14.4 Å². The van der Waals surface area contributed by atoms with E-state index in [9.17, 15) is 4.79 Å². The lowest BCUT2D eigenvalue weighted by Gasteiger charge is -2.23. The molecular formula is C23H24ClNO3. The minimum atomic E-state index is -0.262. The number of fused-ring (bicyclic) bond motifs is 1. The summed E-state index contributed by atoms with van der Waals surface area (Å²) in [6.45, 7) is 2.36. The van der Waals surface area contributed by atoms with E-state index in [2.05, 4.69) is 6.07 Å². The summed E-state index contributed by atoms with van der Waals surface area (Å²) >= 11 is 6.10. The van der Waals surface area contributed by atoms with Gasteiger partial charge in [-0.3, -0.25) is 4.79 Å². The van der Waals surface area contributed by atoms with Crippen molar-refractivity contribution in [3.63, 3.8) is 0 Å². The maximum Gasteiger partial charge on any atom is 0.229 e. The molecule has 0 aliphatic heterocycles. The minimum Gasteiger partial charge on any atom is -0.497 e. The standard InChI is InChI=1S/C23H24ClNO3/c1-15(16-5-6-18-13-21(27-3)9-7-17(18)11-16)23(26)25(2)14-19-12-20(24)8-10-22(19)28-4/h5-13,15H,14H2,1-4H3/t15-/m1/s1. The van der Waals surface area contributed by atoms with Crippen molar-refractivity contribution in [3.8, 4) is 11.5 Å². The van der Waals surface area contributed by atoms with Crippen molar-refractivity contribution in [2.24, 2.45) is 0 Å². The van der Waals surface area contributed by atoms with E-state index in [1.54, 1.807) is 32.2 Å². The van der Waals surface area contributed by atoms with Crippen molar-refractivity contribution in [1.29, 1.82) is 0 Å². The first-order chi connectivity index (χ1) is 13.4. The molecule has 0 fully saturated rings. The zero-order valence-electron chi connectivity index (χ0n) is 16.5.